The largest absolute Gasteiger partial charge is 0.445 e. The Kier molecular flexibility index (Phi) is 6.19. The molecule has 0 radical (unpaired) electrons. The Labute approximate surface area is 189 Å². The van der Waals surface area contributed by atoms with Crippen molar-refractivity contribution in [2.75, 3.05) is 25.0 Å². The topological polar surface area (TPSA) is 77.0 Å². The van der Waals surface area contributed by atoms with Gasteiger partial charge in [-0.25, -0.2) is 9.78 Å². The molecule has 0 bridgehead atoms. The van der Waals surface area contributed by atoms with Crippen molar-refractivity contribution < 1.29 is 32.2 Å². The van der Waals surface area contributed by atoms with Crippen LogP contribution in [0.5, 0.6) is 0 Å². The molecule has 0 aliphatic carbocycles. The van der Waals surface area contributed by atoms with Gasteiger partial charge in [-0.1, -0.05) is 30.3 Å². The molecule has 2 aromatic rings. The van der Waals surface area contributed by atoms with E-state index < -0.39 is 42.0 Å². The molecule has 1 aromatic heterocycles. The molecule has 8 nitrogen and oxygen atoms in total. The molecule has 178 valence electrons. The number of rotatable bonds is 4. The zero-order valence-electron chi connectivity index (χ0n) is 18.5. The average Bonchev–Trinajstić information content (AvgIpc) is 3.10. The number of likely N-dealkylation sites (N-methyl/N-ethyl adjacent to an activating group) is 1. The van der Waals surface area contributed by atoms with Crippen molar-refractivity contribution in [2.45, 2.75) is 50.7 Å². The molecule has 3 heterocycles. The fourth-order valence-electron chi connectivity index (χ4n) is 4.09. The molecule has 4 rings (SSSR count). The van der Waals surface area contributed by atoms with Gasteiger partial charge >= 0.3 is 12.3 Å². The zero-order chi connectivity index (χ0) is 23.8. The van der Waals surface area contributed by atoms with E-state index in [2.05, 4.69) is 9.97 Å². The molecule has 2 fully saturated rings. The molecule has 2 saturated heterocycles. The number of carbonyl (C=O) groups is 1. The van der Waals surface area contributed by atoms with E-state index in [-0.39, 0.29) is 25.5 Å². The number of hydrogen-bond acceptors (Lipinski definition) is 7. The minimum atomic E-state index is -4.62. The van der Waals surface area contributed by atoms with E-state index in [1.807, 2.05) is 30.3 Å². The first-order valence-electron chi connectivity index (χ1n) is 10.5. The number of aromatic nitrogens is 2. The Hall–Kier alpha value is -2.92. The summed E-state index contributed by atoms with van der Waals surface area (Å²) in [5.41, 5.74) is -0.252. The Morgan fingerprint density at radius 2 is 1.94 bits per heavy atom. The molecule has 0 spiro atoms. The normalized spacial score (nSPS) is 24.3. The quantitative estimate of drug-likeness (QED) is 0.683. The van der Waals surface area contributed by atoms with Crippen LogP contribution in [0.25, 0.3) is 0 Å². The van der Waals surface area contributed by atoms with E-state index in [0.717, 1.165) is 5.56 Å². The lowest BCUT2D eigenvalue weighted by atomic mass is 9.98. The Bertz CT molecular complexity index is 989. The molecule has 3 atom stereocenters. The number of hydrogen-bond donors (Lipinski definition) is 0. The molecule has 11 heteroatoms. The fourth-order valence-corrected chi connectivity index (χ4v) is 4.09. The van der Waals surface area contributed by atoms with E-state index >= 15 is 0 Å². The van der Waals surface area contributed by atoms with Crippen molar-refractivity contribution >= 4 is 11.9 Å². The molecular weight excluding hydrogens is 441 g/mol. The molecule has 1 amide bonds. The van der Waals surface area contributed by atoms with Crippen molar-refractivity contribution in [3.05, 3.63) is 54.0 Å². The van der Waals surface area contributed by atoms with Crippen LogP contribution in [-0.4, -0.2) is 65.1 Å². The number of carbonyl (C=O) groups excluding carboxylic acids is 1. The Balaban J connectivity index is 1.54. The fraction of sp³-hybridized carbons (Fsp3) is 0.500. The molecule has 33 heavy (non-hydrogen) atoms. The van der Waals surface area contributed by atoms with E-state index in [0.29, 0.717) is 6.20 Å². The molecular formula is C22H25F3N4O4. The number of anilines is 1. The summed E-state index contributed by atoms with van der Waals surface area (Å²) in [5, 5.41) is 0. The van der Waals surface area contributed by atoms with Gasteiger partial charge in [-0.2, -0.15) is 13.2 Å². The average molecular weight is 466 g/mol. The highest BCUT2D eigenvalue weighted by Gasteiger charge is 2.51. The van der Waals surface area contributed by atoms with Gasteiger partial charge in [0.1, 0.15) is 24.6 Å². The van der Waals surface area contributed by atoms with Crippen LogP contribution in [-0.2, 0) is 27.0 Å². The minimum absolute atomic E-state index is 0.0152. The first-order valence-corrected chi connectivity index (χ1v) is 10.5. The number of ether oxygens (including phenoxy) is 3. The van der Waals surface area contributed by atoms with Gasteiger partial charge in [0.05, 0.1) is 25.0 Å². The summed E-state index contributed by atoms with van der Waals surface area (Å²) in [6, 6.07) is 8.72. The highest BCUT2D eigenvalue weighted by molar-refractivity contribution is 5.68. The third-order valence-corrected chi connectivity index (χ3v) is 5.64. The first kappa shape index (κ1) is 23.2. The van der Waals surface area contributed by atoms with Crippen LogP contribution < -0.4 is 4.90 Å². The summed E-state index contributed by atoms with van der Waals surface area (Å²) in [5.74, 6) is -0.890. The summed E-state index contributed by atoms with van der Waals surface area (Å²) in [7, 11) is 1.60. The van der Waals surface area contributed by atoms with Crippen molar-refractivity contribution in [1.29, 1.82) is 0 Å². The van der Waals surface area contributed by atoms with E-state index in [4.69, 9.17) is 14.2 Å². The number of nitrogens with zero attached hydrogens (tertiary/aromatic N) is 4. The Morgan fingerprint density at radius 3 is 2.64 bits per heavy atom. The van der Waals surface area contributed by atoms with E-state index in [9.17, 15) is 18.0 Å². The number of likely N-dealkylation sites (tertiary alicyclic amines) is 1. The van der Waals surface area contributed by atoms with Gasteiger partial charge in [0, 0.05) is 13.6 Å². The summed E-state index contributed by atoms with van der Waals surface area (Å²) >= 11 is 0. The molecule has 0 saturated carbocycles. The second-order valence-corrected chi connectivity index (χ2v) is 8.52. The van der Waals surface area contributed by atoms with Crippen LogP contribution >= 0.6 is 0 Å². The molecule has 0 unspecified atom stereocenters. The second-order valence-electron chi connectivity index (χ2n) is 8.52. The van der Waals surface area contributed by atoms with Gasteiger partial charge in [-0.05, 0) is 19.4 Å². The van der Waals surface area contributed by atoms with Crippen LogP contribution in [0.15, 0.2) is 42.7 Å². The SMILES string of the molecule is CN(c1cncc(C(F)(F)F)n1)[C@H]1CN(C(=O)OCc2ccccc2)C[C@@H]2OC(C)(C)O[C@@H]21. The van der Waals surface area contributed by atoms with Crippen molar-refractivity contribution in [2.24, 2.45) is 0 Å². The monoisotopic (exact) mass is 466 g/mol. The predicted octanol–water partition coefficient (Wildman–Crippen LogP) is 3.47. The standard InChI is InChI=1S/C22H25F3N4O4/c1-21(2)32-16-12-29(20(30)31-13-14-7-5-4-6-8-14)11-15(19(16)33-21)28(3)18-10-26-9-17(27-18)22(23,24)25/h4-10,15-16,19H,11-13H2,1-3H3/t15-,16-,19+/m0/s1. The van der Waals surface area contributed by atoms with Gasteiger partial charge in [0.2, 0.25) is 0 Å². The van der Waals surface area contributed by atoms with Crippen molar-refractivity contribution in [1.82, 2.24) is 14.9 Å². The third kappa shape index (κ3) is 5.19. The maximum Gasteiger partial charge on any atom is 0.434 e. The third-order valence-electron chi connectivity index (χ3n) is 5.64. The number of fused-ring (bicyclic) bond motifs is 1. The lowest BCUT2D eigenvalue weighted by Gasteiger charge is -2.42. The summed E-state index contributed by atoms with van der Waals surface area (Å²) in [6.45, 7) is 4.00. The van der Waals surface area contributed by atoms with Crippen LogP contribution in [0, 0.1) is 0 Å². The lowest BCUT2D eigenvalue weighted by molar-refractivity contribution is -0.146. The number of alkyl halides is 3. The zero-order valence-corrected chi connectivity index (χ0v) is 18.5. The van der Waals surface area contributed by atoms with Gasteiger partial charge in [0.15, 0.2) is 11.5 Å². The van der Waals surface area contributed by atoms with E-state index in [1.165, 1.54) is 11.1 Å². The van der Waals surface area contributed by atoms with Crippen molar-refractivity contribution in [3.63, 3.8) is 0 Å². The summed E-state index contributed by atoms with van der Waals surface area (Å²) in [4.78, 5) is 23.3. The van der Waals surface area contributed by atoms with Gasteiger partial charge in [-0.3, -0.25) is 4.98 Å². The van der Waals surface area contributed by atoms with E-state index in [1.54, 1.807) is 25.8 Å². The number of halogens is 3. The van der Waals surface area contributed by atoms with Gasteiger partial charge in [-0.15, -0.1) is 0 Å². The second kappa shape index (κ2) is 8.79. The summed E-state index contributed by atoms with van der Waals surface area (Å²) in [6.07, 6.45) is -4.21. The highest BCUT2D eigenvalue weighted by atomic mass is 19.4. The van der Waals surface area contributed by atoms with Crippen LogP contribution in [0.4, 0.5) is 23.8 Å². The number of amides is 1. The maximum absolute atomic E-state index is 13.1. The highest BCUT2D eigenvalue weighted by Crippen LogP contribution is 2.36. The van der Waals surface area contributed by atoms with Crippen LogP contribution in [0.1, 0.15) is 25.1 Å². The minimum Gasteiger partial charge on any atom is -0.445 e. The molecule has 0 N–H and O–H groups in total. The molecule has 2 aliphatic rings. The molecule has 1 aromatic carbocycles. The maximum atomic E-state index is 13.1. The first-order chi connectivity index (χ1) is 15.5. The van der Waals surface area contributed by atoms with Gasteiger partial charge < -0.3 is 24.0 Å². The summed E-state index contributed by atoms with van der Waals surface area (Å²) < 4.78 is 56.9. The predicted molar refractivity (Wildman–Crippen MR) is 111 cm³/mol. The molecule has 2 aliphatic heterocycles. The lowest BCUT2D eigenvalue weighted by Crippen LogP contribution is -2.61. The van der Waals surface area contributed by atoms with Gasteiger partial charge in [0.25, 0.3) is 0 Å². The smallest absolute Gasteiger partial charge is 0.434 e. The Morgan fingerprint density at radius 1 is 1.21 bits per heavy atom. The van der Waals surface area contributed by atoms with Crippen LogP contribution in [0.3, 0.4) is 0 Å². The van der Waals surface area contributed by atoms with Crippen molar-refractivity contribution in [3.8, 4) is 0 Å². The number of benzene rings is 1. The number of piperidine rings is 1. The van der Waals surface area contributed by atoms with Crippen LogP contribution in [0.2, 0.25) is 0 Å².